The summed E-state index contributed by atoms with van der Waals surface area (Å²) in [6, 6.07) is 15.8. The van der Waals surface area contributed by atoms with E-state index in [1.165, 1.54) is 0 Å². The van der Waals surface area contributed by atoms with Gasteiger partial charge in [-0.2, -0.15) is 5.26 Å². The molecule has 25 heavy (non-hydrogen) atoms. The highest BCUT2D eigenvalue weighted by Crippen LogP contribution is 2.35. The third kappa shape index (κ3) is 3.38. The second kappa shape index (κ2) is 6.93. The number of nitrogens with one attached hydrogen (secondary N) is 1. The number of nitrogens with zero attached hydrogens (tertiary/aromatic N) is 2. The summed E-state index contributed by atoms with van der Waals surface area (Å²) in [7, 11) is 1.62. The van der Waals surface area contributed by atoms with Crippen molar-refractivity contribution in [3.8, 4) is 23.1 Å². The zero-order valence-corrected chi connectivity index (χ0v) is 13.9. The molecule has 0 radical (unpaired) electrons. The predicted octanol–water partition coefficient (Wildman–Crippen LogP) is 3.98. The van der Waals surface area contributed by atoms with Crippen molar-refractivity contribution in [2.24, 2.45) is 0 Å². The minimum atomic E-state index is 0.357. The Balaban J connectivity index is 2.11. The van der Waals surface area contributed by atoms with Crippen LogP contribution in [-0.4, -0.2) is 18.6 Å². The molecular formula is C20H18N4O. The lowest BCUT2D eigenvalue weighted by Gasteiger charge is -2.15. The summed E-state index contributed by atoms with van der Waals surface area (Å²) >= 11 is 0. The molecule has 0 aliphatic rings. The Bertz CT molecular complexity index is 971. The number of hydrogen-bond acceptors (Lipinski definition) is 5. The average molecular weight is 330 g/mol. The van der Waals surface area contributed by atoms with E-state index in [0.717, 1.165) is 27.7 Å². The molecule has 0 aliphatic carbocycles. The molecule has 0 saturated carbocycles. The van der Waals surface area contributed by atoms with E-state index in [2.05, 4.69) is 16.9 Å². The highest BCUT2D eigenvalue weighted by atomic mass is 16.5. The van der Waals surface area contributed by atoms with Gasteiger partial charge in [-0.1, -0.05) is 24.8 Å². The maximum Gasteiger partial charge on any atom is 0.142 e. The smallest absolute Gasteiger partial charge is 0.142 e. The van der Waals surface area contributed by atoms with Gasteiger partial charge in [0.15, 0.2) is 0 Å². The lowest BCUT2D eigenvalue weighted by atomic mass is 10.0. The number of rotatable bonds is 5. The zero-order chi connectivity index (χ0) is 17.8. The number of aromatic nitrogens is 1. The Morgan fingerprint density at radius 2 is 2.08 bits per heavy atom. The van der Waals surface area contributed by atoms with Gasteiger partial charge in [-0.15, -0.1) is 0 Å². The van der Waals surface area contributed by atoms with E-state index < -0.39 is 0 Å². The second-order valence-electron chi connectivity index (χ2n) is 5.62. The normalized spacial score (nSPS) is 10.2. The van der Waals surface area contributed by atoms with E-state index in [9.17, 15) is 0 Å². The van der Waals surface area contributed by atoms with Crippen LogP contribution in [-0.2, 0) is 0 Å². The predicted molar refractivity (Wildman–Crippen MR) is 101 cm³/mol. The van der Waals surface area contributed by atoms with Crippen LogP contribution in [0.15, 0.2) is 60.8 Å². The fourth-order valence-corrected chi connectivity index (χ4v) is 2.62. The standard InChI is InChI=1S/C20H18N4O/c1-13(10-21)11-24-20-17-9-15(18-7-6-16(22)12-23-18)4-3-14(17)5-8-19(20)25-2/h3-9,12,24H,1,11,22H2,2H3. The molecule has 3 rings (SSSR count). The largest absolute Gasteiger partial charge is 0.495 e. The van der Waals surface area contributed by atoms with Gasteiger partial charge < -0.3 is 15.8 Å². The van der Waals surface area contributed by atoms with Gasteiger partial charge in [-0.25, -0.2) is 0 Å². The number of pyridine rings is 1. The first-order valence-electron chi connectivity index (χ1n) is 7.77. The molecule has 2 aromatic carbocycles. The summed E-state index contributed by atoms with van der Waals surface area (Å²) in [5.41, 5.74) is 9.44. The van der Waals surface area contributed by atoms with Crippen molar-refractivity contribution in [2.75, 3.05) is 24.7 Å². The molecule has 124 valence electrons. The third-order valence-corrected chi connectivity index (χ3v) is 3.92. The van der Waals surface area contributed by atoms with Crippen molar-refractivity contribution in [3.63, 3.8) is 0 Å². The number of benzene rings is 2. The molecule has 0 unspecified atom stereocenters. The van der Waals surface area contributed by atoms with Gasteiger partial charge in [0, 0.05) is 23.1 Å². The molecule has 0 fully saturated rings. The number of hydrogen-bond donors (Lipinski definition) is 2. The van der Waals surface area contributed by atoms with Crippen LogP contribution >= 0.6 is 0 Å². The monoisotopic (exact) mass is 330 g/mol. The van der Waals surface area contributed by atoms with Crippen molar-refractivity contribution in [3.05, 3.63) is 60.8 Å². The van der Waals surface area contributed by atoms with Crippen molar-refractivity contribution in [1.82, 2.24) is 4.98 Å². The van der Waals surface area contributed by atoms with Gasteiger partial charge in [0.2, 0.25) is 0 Å². The van der Waals surface area contributed by atoms with Crippen LogP contribution in [0.3, 0.4) is 0 Å². The van der Waals surface area contributed by atoms with Gasteiger partial charge in [0.05, 0.1) is 36.4 Å². The third-order valence-electron chi connectivity index (χ3n) is 3.92. The Morgan fingerprint density at radius 3 is 2.76 bits per heavy atom. The summed E-state index contributed by atoms with van der Waals surface area (Å²) in [6.45, 7) is 4.07. The van der Waals surface area contributed by atoms with Crippen LogP contribution < -0.4 is 15.8 Å². The van der Waals surface area contributed by atoms with E-state index >= 15 is 0 Å². The van der Waals surface area contributed by atoms with Gasteiger partial charge in [0.25, 0.3) is 0 Å². The van der Waals surface area contributed by atoms with Crippen molar-refractivity contribution >= 4 is 22.1 Å². The van der Waals surface area contributed by atoms with E-state index in [0.29, 0.717) is 23.6 Å². The topological polar surface area (TPSA) is 84.0 Å². The van der Waals surface area contributed by atoms with Crippen LogP contribution in [0.25, 0.3) is 22.0 Å². The quantitative estimate of drug-likeness (QED) is 0.691. The van der Waals surface area contributed by atoms with Crippen LogP contribution in [0, 0.1) is 11.3 Å². The fourth-order valence-electron chi connectivity index (χ4n) is 2.62. The molecule has 0 atom stereocenters. The number of anilines is 2. The molecule has 3 N–H and O–H groups in total. The van der Waals surface area contributed by atoms with Crippen LogP contribution in [0.1, 0.15) is 0 Å². The number of nitrogen functional groups attached to an aromatic ring is 1. The molecule has 0 aliphatic heterocycles. The Kier molecular flexibility index (Phi) is 4.53. The van der Waals surface area contributed by atoms with Crippen LogP contribution in [0.2, 0.25) is 0 Å². The van der Waals surface area contributed by atoms with E-state index in [1.54, 1.807) is 13.3 Å². The number of methoxy groups -OCH3 is 1. The molecular weight excluding hydrogens is 312 g/mol. The van der Waals surface area contributed by atoms with Gasteiger partial charge in [0.1, 0.15) is 5.75 Å². The number of nitrogens with two attached hydrogens (primary N) is 1. The molecule has 0 bridgehead atoms. The summed E-state index contributed by atoms with van der Waals surface area (Å²) in [6.07, 6.45) is 1.64. The summed E-state index contributed by atoms with van der Waals surface area (Å²) in [5.74, 6) is 0.709. The van der Waals surface area contributed by atoms with E-state index in [-0.39, 0.29) is 0 Å². The van der Waals surface area contributed by atoms with Crippen LogP contribution in [0.5, 0.6) is 5.75 Å². The highest BCUT2D eigenvalue weighted by Gasteiger charge is 2.10. The average Bonchev–Trinajstić information content (AvgIpc) is 2.65. The highest BCUT2D eigenvalue weighted by molar-refractivity contribution is 5.99. The van der Waals surface area contributed by atoms with Gasteiger partial charge >= 0.3 is 0 Å². The maximum absolute atomic E-state index is 8.93. The maximum atomic E-state index is 8.93. The first-order valence-corrected chi connectivity index (χ1v) is 7.77. The second-order valence-corrected chi connectivity index (χ2v) is 5.62. The van der Waals surface area contributed by atoms with Gasteiger partial charge in [-0.3, -0.25) is 4.98 Å². The molecule has 0 spiro atoms. The molecule has 1 heterocycles. The molecule has 5 nitrogen and oxygen atoms in total. The van der Waals surface area contributed by atoms with Crippen molar-refractivity contribution < 1.29 is 4.74 Å². The Hall–Kier alpha value is -3.52. The first kappa shape index (κ1) is 16.3. The molecule has 0 amide bonds. The van der Waals surface area contributed by atoms with Gasteiger partial charge in [-0.05, 0) is 29.7 Å². The summed E-state index contributed by atoms with van der Waals surface area (Å²) < 4.78 is 5.47. The van der Waals surface area contributed by atoms with E-state index in [4.69, 9.17) is 15.7 Å². The number of ether oxygens (including phenoxy) is 1. The molecule has 3 aromatic rings. The SMILES string of the molecule is C=C(C#N)CNc1c(OC)ccc2ccc(-c3ccc(N)cn3)cc12. The van der Waals surface area contributed by atoms with Crippen LogP contribution in [0.4, 0.5) is 11.4 Å². The lowest BCUT2D eigenvalue weighted by molar-refractivity contribution is 0.417. The molecule has 1 aromatic heterocycles. The van der Waals surface area contributed by atoms with Crippen molar-refractivity contribution in [2.45, 2.75) is 0 Å². The Labute approximate surface area is 146 Å². The minimum Gasteiger partial charge on any atom is -0.495 e. The lowest BCUT2D eigenvalue weighted by Crippen LogP contribution is -2.05. The Morgan fingerprint density at radius 1 is 1.28 bits per heavy atom. The zero-order valence-electron chi connectivity index (χ0n) is 13.9. The summed E-state index contributed by atoms with van der Waals surface area (Å²) in [5, 5.41) is 14.2. The molecule has 0 saturated heterocycles. The van der Waals surface area contributed by atoms with E-state index in [1.807, 2.05) is 48.5 Å². The number of nitriles is 1. The first-order chi connectivity index (χ1) is 12.1. The summed E-state index contributed by atoms with van der Waals surface area (Å²) in [4.78, 5) is 4.38. The molecule has 5 heteroatoms. The van der Waals surface area contributed by atoms with Crippen molar-refractivity contribution in [1.29, 1.82) is 5.26 Å². The fraction of sp³-hybridized carbons (Fsp3) is 0.100. The minimum absolute atomic E-state index is 0.357. The number of fused-ring (bicyclic) bond motifs is 1.